The van der Waals surface area contributed by atoms with Crippen LogP contribution in [-0.4, -0.2) is 33.7 Å². The first-order valence-corrected chi connectivity index (χ1v) is 8.25. The zero-order chi connectivity index (χ0) is 14.9. The van der Waals surface area contributed by atoms with Gasteiger partial charge in [-0.2, -0.15) is 0 Å². The number of rotatable bonds is 9. The maximum absolute atomic E-state index is 5.09. The lowest BCUT2D eigenvalue weighted by Gasteiger charge is -2.11. The van der Waals surface area contributed by atoms with Crippen molar-refractivity contribution in [2.45, 2.75) is 43.1 Å². The van der Waals surface area contributed by atoms with Gasteiger partial charge in [-0.3, -0.25) is 0 Å². The van der Waals surface area contributed by atoms with Crippen LogP contribution in [0.2, 0.25) is 0 Å². The molecule has 0 aliphatic rings. The number of hydrogen-bond acceptors (Lipinski definition) is 4. The van der Waals surface area contributed by atoms with Gasteiger partial charge in [-0.25, -0.2) is 0 Å². The van der Waals surface area contributed by atoms with Crippen LogP contribution in [0.4, 0.5) is 0 Å². The fourth-order valence-corrected chi connectivity index (χ4v) is 3.09. The molecule has 1 unspecified atom stereocenters. The number of ether oxygens (including phenoxy) is 1. The standard InChI is InChI=1S/C16H23N3OS/c1-14(9-10-15-7-4-3-5-8-15)21-16-18-17-13-19(16)11-6-12-20-2/h3-5,7-8,13-14H,6,9-12H2,1-2H3. The van der Waals surface area contributed by atoms with Gasteiger partial charge in [0.2, 0.25) is 0 Å². The van der Waals surface area contributed by atoms with Crippen molar-refractivity contribution in [3.05, 3.63) is 42.2 Å². The number of aromatic nitrogens is 3. The van der Waals surface area contributed by atoms with Gasteiger partial charge in [-0.05, 0) is 24.8 Å². The van der Waals surface area contributed by atoms with E-state index >= 15 is 0 Å². The van der Waals surface area contributed by atoms with Gasteiger partial charge in [0, 0.05) is 25.5 Å². The predicted molar refractivity (Wildman–Crippen MR) is 86.6 cm³/mol. The Morgan fingerprint density at radius 1 is 1.29 bits per heavy atom. The highest BCUT2D eigenvalue weighted by Gasteiger charge is 2.10. The molecular weight excluding hydrogens is 282 g/mol. The van der Waals surface area contributed by atoms with Crippen molar-refractivity contribution in [2.24, 2.45) is 0 Å². The van der Waals surface area contributed by atoms with Crippen LogP contribution in [0, 0.1) is 0 Å². The number of methoxy groups -OCH3 is 1. The fraction of sp³-hybridized carbons (Fsp3) is 0.500. The maximum atomic E-state index is 5.09. The van der Waals surface area contributed by atoms with E-state index in [0.717, 1.165) is 37.6 Å². The summed E-state index contributed by atoms with van der Waals surface area (Å²) < 4.78 is 7.20. The Morgan fingerprint density at radius 3 is 2.86 bits per heavy atom. The molecular formula is C16H23N3OS. The smallest absolute Gasteiger partial charge is 0.191 e. The summed E-state index contributed by atoms with van der Waals surface area (Å²) in [5.74, 6) is 0. The van der Waals surface area contributed by atoms with Crippen molar-refractivity contribution in [1.29, 1.82) is 0 Å². The molecule has 0 N–H and O–H groups in total. The van der Waals surface area contributed by atoms with E-state index in [4.69, 9.17) is 4.74 Å². The van der Waals surface area contributed by atoms with E-state index in [1.807, 2.05) is 6.33 Å². The van der Waals surface area contributed by atoms with Crippen molar-refractivity contribution in [3.63, 3.8) is 0 Å². The SMILES string of the molecule is COCCCn1cnnc1SC(C)CCc1ccccc1. The van der Waals surface area contributed by atoms with E-state index in [1.165, 1.54) is 5.56 Å². The van der Waals surface area contributed by atoms with Crippen LogP contribution in [0.25, 0.3) is 0 Å². The normalized spacial score (nSPS) is 12.5. The van der Waals surface area contributed by atoms with Gasteiger partial charge in [0.05, 0.1) is 0 Å². The lowest BCUT2D eigenvalue weighted by molar-refractivity contribution is 0.189. The highest BCUT2D eigenvalue weighted by molar-refractivity contribution is 7.99. The first-order valence-electron chi connectivity index (χ1n) is 7.37. The average Bonchev–Trinajstić information content (AvgIpc) is 2.94. The highest BCUT2D eigenvalue weighted by atomic mass is 32.2. The van der Waals surface area contributed by atoms with Gasteiger partial charge >= 0.3 is 0 Å². The predicted octanol–water partition coefficient (Wildman–Crippen LogP) is 3.43. The summed E-state index contributed by atoms with van der Waals surface area (Å²) in [6, 6.07) is 10.6. The Labute approximate surface area is 130 Å². The molecule has 1 heterocycles. The Balaban J connectivity index is 1.79. The second kappa shape index (κ2) is 8.85. The minimum atomic E-state index is 0.524. The quantitative estimate of drug-likeness (QED) is 0.526. The largest absolute Gasteiger partial charge is 0.385 e. The van der Waals surface area contributed by atoms with Crippen molar-refractivity contribution in [3.8, 4) is 0 Å². The molecule has 114 valence electrons. The molecule has 0 aliphatic heterocycles. The van der Waals surface area contributed by atoms with Gasteiger partial charge in [0.25, 0.3) is 0 Å². The third kappa shape index (κ3) is 5.52. The molecule has 2 aromatic rings. The van der Waals surface area contributed by atoms with Crippen LogP contribution in [0.5, 0.6) is 0 Å². The number of hydrogen-bond donors (Lipinski definition) is 0. The molecule has 0 saturated carbocycles. The fourth-order valence-electron chi connectivity index (χ4n) is 2.12. The van der Waals surface area contributed by atoms with Crippen molar-refractivity contribution < 1.29 is 4.74 Å². The van der Waals surface area contributed by atoms with Crippen LogP contribution in [-0.2, 0) is 17.7 Å². The van der Waals surface area contributed by atoms with E-state index in [9.17, 15) is 0 Å². The molecule has 2 rings (SSSR count). The summed E-state index contributed by atoms with van der Waals surface area (Å²) in [5, 5.41) is 9.78. The number of thioether (sulfide) groups is 1. The third-order valence-electron chi connectivity index (χ3n) is 3.32. The molecule has 0 aliphatic carbocycles. The van der Waals surface area contributed by atoms with E-state index in [1.54, 1.807) is 18.9 Å². The van der Waals surface area contributed by atoms with Crippen molar-refractivity contribution in [2.75, 3.05) is 13.7 Å². The number of aryl methyl sites for hydroxylation is 2. The Hall–Kier alpha value is -1.33. The molecule has 0 spiro atoms. The Morgan fingerprint density at radius 2 is 2.10 bits per heavy atom. The lowest BCUT2D eigenvalue weighted by Crippen LogP contribution is -2.05. The summed E-state index contributed by atoms with van der Waals surface area (Å²) in [4.78, 5) is 0. The third-order valence-corrected chi connectivity index (χ3v) is 4.48. The van der Waals surface area contributed by atoms with E-state index in [2.05, 4.69) is 52.0 Å². The zero-order valence-corrected chi connectivity index (χ0v) is 13.6. The van der Waals surface area contributed by atoms with Crippen LogP contribution in [0.15, 0.2) is 41.8 Å². The highest BCUT2D eigenvalue weighted by Crippen LogP contribution is 2.24. The second-order valence-electron chi connectivity index (χ2n) is 5.11. The number of nitrogens with zero attached hydrogens (tertiary/aromatic N) is 3. The zero-order valence-electron chi connectivity index (χ0n) is 12.7. The summed E-state index contributed by atoms with van der Waals surface area (Å²) in [5.41, 5.74) is 1.39. The molecule has 0 fully saturated rings. The van der Waals surface area contributed by atoms with Crippen LogP contribution in [0.3, 0.4) is 0 Å². The van der Waals surface area contributed by atoms with Gasteiger partial charge in [0.15, 0.2) is 5.16 Å². The summed E-state index contributed by atoms with van der Waals surface area (Å²) in [6.45, 7) is 3.93. The monoisotopic (exact) mass is 305 g/mol. The minimum Gasteiger partial charge on any atom is -0.385 e. The first kappa shape index (κ1) is 16.0. The Bertz CT molecular complexity index is 515. The van der Waals surface area contributed by atoms with Crippen molar-refractivity contribution in [1.82, 2.24) is 14.8 Å². The molecule has 0 radical (unpaired) electrons. The van der Waals surface area contributed by atoms with E-state index in [-0.39, 0.29) is 0 Å². The van der Waals surface area contributed by atoms with Crippen LogP contribution < -0.4 is 0 Å². The summed E-state index contributed by atoms with van der Waals surface area (Å²) in [6.07, 6.45) is 5.04. The second-order valence-corrected chi connectivity index (χ2v) is 6.51. The lowest BCUT2D eigenvalue weighted by atomic mass is 10.1. The van der Waals surface area contributed by atoms with Crippen molar-refractivity contribution >= 4 is 11.8 Å². The van der Waals surface area contributed by atoms with E-state index < -0.39 is 0 Å². The maximum Gasteiger partial charge on any atom is 0.191 e. The Kier molecular flexibility index (Phi) is 6.76. The molecule has 0 amide bonds. The van der Waals surface area contributed by atoms with Gasteiger partial charge in [0.1, 0.15) is 6.33 Å². The molecule has 0 saturated heterocycles. The minimum absolute atomic E-state index is 0.524. The first-order chi connectivity index (χ1) is 10.3. The van der Waals surface area contributed by atoms with Gasteiger partial charge < -0.3 is 9.30 Å². The topological polar surface area (TPSA) is 39.9 Å². The molecule has 1 atom stereocenters. The summed E-state index contributed by atoms with van der Waals surface area (Å²) >= 11 is 1.80. The molecule has 1 aromatic heterocycles. The van der Waals surface area contributed by atoms with Gasteiger partial charge in [-0.15, -0.1) is 10.2 Å². The van der Waals surface area contributed by atoms with E-state index in [0.29, 0.717) is 5.25 Å². The molecule has 21 heavy (non-hydrogen) atoms. The van der Waals surface area contributed by atoms with Gasteiger partial charge in [-0.1, -0.05) is 49.0 Å². The molecule has 4 nitrogen and oxygen atoms in total. The summed E-state index contributed by atoms with van der Waals surface area (Å²) in [7, 11) is 1.73. The molecule has 1 aromatic carbocycles. The molecule has 0 bridgehead atoms. The average molecular weight is 305 g/mol. The molecule has 5 heteroatoms. The van der Waals surface area contributed by atoms with Crippen LogP contribution in [0.1, 0.15) is 25.3 Å². The number of benzene rings is 1. The van der Waals surface area contributed by atoms with Crippen LogP contribution >= 0.6 is 11.8 Å².